The monoisotopic (exact) mass is 296 g/mol. The Labute approximate surface area is 118 Å². The molecule has 1 atom stereocenters. The van der Waals surface area contributed by atoms with Crippen LogP contribution in [0.3, 0.4) is 0 Å². The number of carboxylic acid groups (broad SMARTS) is 1. The van der Waals surface area contributed by atoms with Gasteiger partial charge in [0.1, 0.15) is 6.07 Å². The molecular formula is C13H16N2O4S. The number of aliphatic carboxylic acids is 1. The molecule has 1 aromatic rings. The van der Waals surface area contributed by atoms with Gasteiger partial charge in [0.2, 0.25) is 10.0 Å². The minimum atomic E-state index is -3.81. The number of carboxylic acids is 1. The first kappa shape index (κ1) is 16.1. The van der Waals surface area contributed by atoms with Crippen LogP contribution in [0.25, 0.3) is 0 Å². The van der Waals surface area contributed by atoms with Crippen LogP contribution < -0.4 is 4.72 Å². The second-order valence-corrected chi connectivity index (χ2v) is 6.07. The van der Waals surface area contributed by atoms with Crippen molar-refractivity contribution in [1.29, 1.82) is 5.26 Å². The molecule has 1 aromatic carbocycles. The second-order valence-electron chi connectivity index (χ2n) is 4.33. The third-order valence-electron chi connectivity index (χ3n) is 2.90. The Bertz CT molecular complexity index is 620. The molecule has 0 radical (unpaired) electrons. The molecule has 0 bridgehead atoms. The smallest absolute Gasteiger partial charge is 0.303 e. The highest BCUT2D eigenvalue weighted by molar-refractivity contribution is 7.89. The van der Waals surface area contributed by atoms with Gasteiger partial charge < -0.3 is 5.11 Å². The molecule has 6 nitrogen and oxygen atoms in total. The number of carbonyl (C=O) groups is 1. The van der Waals surface area contributed by atoms with Crippen molar-refractivity contribution in [3.8, 4) is 6.07 Å². The molecule has 0 saturated carbocycles. The van der Waals surface area contributed by atoms with Crippen molar-refractivity contribution < 1.29 is 18.3 Å². The maximum absolute atomic E-state index is 12.1. The second kappa shape index (κ2) is 7.03. The summed E-state index contributed by atoms with van der Waals surface area (Å²) in [6, 6.07) is 7.70. The molecule has 2 N–H and O–H groups in total. The van der Waals surface area contributed by atoms with E-state index >= 15 is 0 Å². The molecule has 0 amide bonds. The average Bonchev–Trinajstić information content (AvgIpc) is 2.43. The fourth-order valence-electron chi connectivity index (χ4n) is 1.71. The lowest BCUT2D eigenvalue weighted by Gasteiger charge is -2.14. The van der Waals surface area contributed by atoms with Gasteiger partial charge in [-0.2, -0.15) is 5.26 Å². The quantitative estimate of drug-likeness (QED) is 0.789. The number of nitriles is 1. The van der Waals surface area contributed by atoms with Crippen molar-refractivity contribution in [2.24, 2.45) is 5.92 Å². The lowest BCUT2D eigenvalue weighted by molar-refractivity contribution is -0.138. The number of hydrogen-bond donors (Lipinski definition) is 2. The molecule has 7 heteroatoms. The first-order chi connectivity index (χ1) is 9.40. The molecule has 0 spiro atoms. The zero-order chi connectivity index (χ0) is 15.2. The van der Waals surface area contributed by atoms with E-state index in [0.717, 1.165) is 0 Å². The van der Waals surface area contributed by atoms with E-state index in [-0.39, 0.29) is 29.3 Å². The number of hydrogen-bond acceptors (Lipinski definition) is 4. The molecule has 0 aliphatic rings. The topological polar surface area (TPSA) is 107 Å². The molecule has 108 valence electrons. The van der Waals surface area contributed by atoms with Gasteiger partial charge in [0, 0.05) is 13.0 Å². The Morgan fingerprint density at radius 3 is 2.65 bits per heavy atom. The minimum absolute atomic E-state index is 0.0326. The van der Waals surface area contributed by atoms with E-state index in [2.05, 4.69) is 4.72 Å². The maximum atomic E-state index is 12.1. The van der Waals surface area contributed by atoms with E-state index in [0.29, 0.717) is 6.42 Å². The zero-order valence-corrected chi connectivity index (χ0v) is 11.9. The van der Waals surface area contributed by atoms with E-state index in [1.165, 1.54) is 18.2 Å². The highest BCUT2D eigenvalue weighted by Crippen LogP contribution is 2.15. The fourth-order valence-corrected chi connectivity index (χ4v) is 2.98. The van der Waals surface area contributed by atoms with Gasteiger partial charge >= 0.3 is 5.97 Å². The van der Waals surface area contributed by atoms with Crippen LogP contribution in [0.2, 0.25) is 0 Å². The standard InChI is InChI=1S/C13H16N2O4S/c1-2-10(7-13(16)17)9-15-20(18,19)12-6-4-3-5-11(12)8-14/h3-6,10,15H,2,7,9H2,1H3,(H,16,17). The van der Waals surface area contributed by atoms with Crippen molar-refractivity contribution in [2.75, 3.05) is 6.54 Å². The van der Waals surface area contributed by atoms with Gasteiger partial charge in [0.15, 0.2) is 0 Å². The normalized spacial score (nSPS) is 12.6. The molecule has 0 saturated heterocycles. The van der Waals surface area contributed by atoms with Crippen LogP contribution in [-0.4, -0.2) is 26.0 Å². The van der Waals surface area contributed by atoms with Crippen LogP contribution in [-0.2, 0) is 14.8 Å². The maximum Gasteiger partial charge on any atom is 0.303 e. The molecular weight excluding hydrogens is 280 g/mol. The number of rotatable bonds is 7. The minimum Gasteiger partial charge on any atom is -0.481 e. The van der Waals surface area contributed by atoms with E-state index in [4.69, 9.17) is 10.4 Å². The third-order valence-corrected chi connectivity index (χ3v) is 4.38. The summed E-state index contributed by atoms with van der Waals surface area (Å²) >= 11 is 0. The summed E-state index contributed by atoms with van der Waals surface area (Å²) < 4.78 is 26.6. The molecule has 20 heavy (non-hydrogen) atoms. The van der Waals surface area contributed by atoms with Gasteiger partial charge in [-0.1, -0.05) is 25.5 Å². The van der Waals surface area contributed by atoms with Gasteiger partial charge in [0.05, 0.1) is 10.5 Å². The predicted octanol–water partition coefficient (Wildman–Crippen LogP) is 1.34. The van der Waals surface area contributed by atoms with Crippen LogP contribution in [0, 0.1) is 17.2 Å². The van der Waals surface area contributed by atoms with Gasteiger partial charge in [-0.15, -0.1) is 0 Å². The summed E-state index contributed by atoms with van der Waals surface area (Å²) in [6.07, 6.45) is 0.452. The first-order valence-corrected chi connectivity index (χ1v) is 7.59. The molecule has 1 unspecified atom stereocenters. The molecule has 1 rings (SSSR count). The van der Waals surface area contributed by atoms with Gasteiger partial charge in [-0.05, 0) is 18.1 Å². The van der Waals surface area contributed by atoms with Crippen LogP contribution in [0.1, 0.15) is 25.3 Å². The average molecular weight is 296 g/mol. The Balaban J connectivity index is 2.85. The van der Waals surface area contributed by atoms with Crippen molar-refractivity contribution in [1.82, 2.24) is 4.72 Å². The lowest BCUT2D eigenvalue weighted by Crippen LogP contribution is -2.30. The van der Waals surface area contributed by atoms with Crippen molar-refractivity contribution in [3.05, 3.63) is 29.8 Å². The van der Waals surface area contributed by atoms with E-state index in [1.54, 1.807) is 13.0 Å². The van der Waals surface area contributed by atoms with Crippen LogP contribution >= 0.6 is 0 Å². The number of nitrogens with zero attached hydrogens (tertiary/aromatic N) is 1. The van der Waals surface area contributed by atoms with Gasteiger partial charge in [-0.25, -0.2) is 13.1 Å². The van der Waals surface area contributed by atoms with E-state index in [9.17, 15) is 13.2 Å². The summed E-state index contributed by atoms with van der Waals surface area (Å²) in [5, 5.41) is 17.6. The Hall–Kier alpha value is -1.91. The summed E-state index contributed by atoms with van der Waals surface area (Å²) in [4.78, 5) is 10.6. The van der Waals surface area contributed by atoms with E-state index < -0.39 is 16.0 Å². The SMILES string of the molecule is CCC(CNS(=O)(=O)c1ccccc1C#N)CC(=O)O. The molecule has 0 aromatic heterocycles. The lowest BCUT2D eigenvalue weighted by atomic mass is 10.0. The Morgan fingerprint density at radius 1 is 1.45 bits per heavy atom. The van der Waals surface area contributed by atoms with Crippen molar-refractivity contribution in [2.45, 2.75) is 24.7 Å². The fraction of sp³-hybridized carbons (Fsp3) is 0.385. The van der Waals surface area contributed by atoms with Crippen molar-refractivity contribution in [3.63, 3.8) is 0 Å². The summed E-state index contributed by atoms with van der Waals surface area (Å²) in [5.41, 5.74) is 0.0614. The number of nitrogens with one attached hydrogen (secondary N) is 1. The van der Waals surface area contributed by atoms with Crippen LogP contribution in [0.15, 0.2) is 29.2 Å². The van der Waals surface area contributed by atoms with Gasteiger partial charge in [0.25, 0.3) is 0 Å². The molecule has 0 aliphatic carbocycles. The van der Waals surface area contributed by atoms with E-state index in [1.807, 2.05) is 6.07 Å². The van der Waals surface area contributed by atoms with Crippen LogP contribution in [0.4, 0.5) is 0 Å². The summed E-state index contributed by atoms with van der Waals surface area (Å²) in [5.74, 6) is -1.25. The van der Waals surface area contributed by atoms with Crippen LogP contribution in [0.5, 0.6) is 0 Å². The highest BCUT2D eigenvalue weighted by Gasteiger charge is 2.20. The zero-order valence-electron chi connectivity index (χ0n) is 11.0. The highest BCUT2D eigenvalue weighted by atomic mass is 32.2. The van der Waals surface area contributed by atoms with Crippen molar-refractivity contribution >= 4 is 16.0 Å². The molecule has 0 fully saturated rings. The predicted molar refractivity (Wildman–Crippen MR) is 72.4 cm³/mol. The molecule has 0 aliphatic heterocycles. The summed E-state index contributed by atoms with van der Waals surface area (Å²) in [7, 11) is -3.81. The first-order valence-electron chi connectivity index (χ1n) is 6.11. The van der Waals surface area contributed by atoms with Gasteiger partial charge in [-0.3, -0.25) is 4.79 Å². The Kier molecular flexibility index (Phi) is 5.67. The third kappa shape index (κ3) is 4.33. The largest absolute Gasteiger partial charge is 0.481 e. The number of sulfonamides is 1. The summed E-state index contributed by atoms with van der Waals surface area (Å²) in [6.45, 7) is 1.83. The molecule has 0 heterocycles. The number of benzene rings is 1. The Morgan fingerprint density at radius 2 is 2.10 bits per heavy atom.